The Morgan fingerprint density at radius 2 is 1.60 bits per heavy atom. The summed E-state index contributed by atoms with van der Waals surface area (Å²) in [5, 5.41) is 0. The van der Waals surface area contributed by atoms with E-state index in [1.807, 2.05) is 12.1 Å². The van der Waals surface area contributed by atoms with Crippen molar-refractivity contribution in [3.63, 3.8) is 0 Å². The molecular formula is C27H24F6N4O3. The largest absolute Gasteiger partial charge is 0.439 e. The zero-order valence-corrected chi connectivity index (χ0v) is 21.0. The Balaban J connectivity index is 1.09. The highest BCUT2D eigenvalue weighted by Gasteiger charge is 2.45. The van der Waals surface area contributed by atoms with Crippen LogP contribution >= 0.6 is 0 Å². The van der Waals surface area contributed by atoms with Crippen molar-refractivity contribution < 1.29 is 40.6 Å². The first-order valence-electron chi connectivity index (χ1n) is 12.4. The fourth-order valence-electron chi connectivity index (χ4n) is 4.98. The SMILES string of the molecule is O=C(Oc1cncc(C(F)(F)F)c1)N1CCC2(CC1)CN(Cc1cccc(Oc3ccc(C(F)(F)F)cn3)c1)C2. The lowest BCUT2D eigenvalue weighted by Gasteiger charge is -2.54. The number of halogens is 6. The average Bonchev–Trinajstić information content (AvgIpc) is 2.88. The lowest BCUT2D eigenvalue weighted by Crippen LogP contribution is -2.60. The van der Waals surface area contributed by atoms with E-state index in [2.05, 4.69) is 14.9 Å². The van der Waals surface area contributed by atoms with Crippen molar-refractivity contribution in [1.82, 2.24) is 19.8 Å². The number of carbonyl (C=O) groups excluding carboxylic acids is 1. The minimum Gasteiger partial charge on any atom is -0.439 e. The number of pyridine rings is 2. The van der Waals surface area contributed by atoms with Crippen LogP contribution in [0.25, 0.3) is 0 Å². The summed E-state index contributed by atoms with van der Waals surface area (Å²) in [6, 6.07) is 10.1. The number of ether oxygens (including phenoxy) is 2. The Morgan fingerprint density at radius 3 is 2.25 bits per heavy atom. The molecule has 2 aliphatic heterocycles. The van der Waals surface area contributed by atoms with Gasteiger partial charge in [0.25, 0.3) is 0 Å². The number of hydrogen-bond donors (Lipinski definition) is 0. The lowest BCUT2D eigenvalue weighted by atomic mass is 9.72. The van der Waals surface area contributed by atoms with Gasteiger partial charge in [-0.05, 0) is 48.1 Å². The van der Waals surface area contributed by atoms with Crippen LogP contribution in [0.4, 0.5) is 31.1 Å². The summed E-state index contributed by atoms with van der Waals surface area (Å²) < 4.78 is 87.6. The Hall–Kier alpha value is -3.87. The zero-order valence-electron chi connectivity index (χ0n) is 21.0. The standard InChI is InChI=1S/C27H24F6N4O3/c28-26(29,30)19-4-5-23(35-13-19)39-21-3-1-2-18(10-21)15-36-16-25(17-36)6-8-37(9-7-25)24(38)40-22-11-20(12-34-14-22)27(31,32)33/h1-5,10-14H,6-9,15-17H2. The molecule has 212 valence electrons. The molecule has 2 fully saturated rings. The number of amides is 1. The van der Waals surface area contributed by atoms with Crippen molar-refractivity contribution >= 4 is 6.09 Å². The maximum absolute atomic E-state index is 12.9. The van der Waals surface area contributed by atoms with Gasteiger partial charge in [0, 0.05) is 51.2 Å². The molecule has 2 aliphatic rings. The van der Waals surface area contributed by atoms with E-state index in [1.165, 1.54) is 11.0 Å². The lowest BCUT2D eigenvalue weighted by molar-refractivity contribution is -0.138. The molecule has 1 amide bonds. The van der Waals surface area contributed by atoms with Gasteiger partial charge in [-0.25, -0.2) is 9.78 Å². The van der Waals surface area contributed by atoms with E-state index in [1.54, 1.807) is 12.1 Å². The molecule has 1 spiro atoms. The number of carbonyl (C=O) groups is 1. The predicted molar refractivity (Wildman–Crippen MR) is 130 cm³/mol. The van der Waals surface area contributed by atoms with Crippen LogP contribution in [0.2, 0.25) is 0 Å². The molecule has 0 radical (unpaired) electrons. The quantitative estimate of drug-likeness (QED) is 0.333. The molecule has 7 nitrogen and oxygen atoms in total. The summed E-state index contributed by atoms with van der Waals surface area (Å²) in [7, 11) is 0. The fourth-order valence-corrected chi connectivity index (χ4v) is 4.98. The highest BCUT2D eigenvalue weighted by Crippen LogP contribution is 2.41. The molecule has 0 unspecified atom stereocenters. The van der Waals surface area contributed by atoms with Crippen LogP contribution in [0.15, 0.2) is 61.1 Å². The van der Waals surface area contributed by atoms with Gasteiger partial charge in [-0.15, -0.1) is 0 Å². The highest BCUT2D eigenvalue weighted by molar-refractivity contribution is 5.70. The maximum atomic E-state index is 12.9. The minimum absolute atomic E-state index is 0.0484. The van der Waals surface area contributed by atoms with E-state index in [9.17, 15) is 31.1 Å². The van der Waals surface area contributed by atoms with Crippen molar-refractivity contribution in [1.29, 1.82) is 0 Å². The fraction of sp³-hybridized carbons (Fsp3) is 0.370. The van der Waals surface area contributed by atoms with E-state index in [0.717, 1.165) is 56.0 Å². The number of nitrogens with zero attached hydrogens (tertiary/aromatic N) is 4. The molecule has 5 rings (SSSR count). The van der Waals surface area contributed by atoms with Gasteiger partial charge >= 0.3 is 18.4 Å². The van der Waals surface area contributed by atoms with Crippen molar-refractivity contribution in [2.75, 3.05) is 26.2 Å². The second-order valence-electron chi connectivity index (χ2n) is 10.0. The second kappa shape index (κ2) is 10.6. The number of rotatable bonds is 5. The Kier molecular flexibility index (Phi) is 7.34. The maximum Gasteiger partial charge on any atom is 0.418 e. The smallest absolute Gasteiger partial charge is 0.418 e. The number of alkyl halides is 6. The molecule has 13 heteroatoms. The highest BCUT2D eigenvalue weighted by atomic mass is 19.4. The van der Waals surface area contributed by atoms with Crippen LogP contribution in [-0.2, 0) is 18.9 Å². The van der Waals surface area contributed by atoms with Crippen molar-refractivity contribution in [2.45, 2.75) is 31.7 Å². The molecule has 2 saturated heterocycles. The first-order valence-corrected chi connectivity index (χ1v) is 12.4. The van der Waals surface area contributed by atoms with Gasteiger partial charge < -0.3 is 14.4 Å². The molecular weight excluding hydrogens is 542 g/mol. The number of likely N-dealkylation sites (tertiary alicyclic amines) is 2. The number of benzene rings is 1. The van der Waals surface area contributed by atoms with Crippen LogP contribution < -0.4 is 9.47 Å². The minimum atomic E-state index is -4.58. The summed E-state index contributed by atoms with van der Waals surface area (Å²) >= 11 is 0. The van der Waals surface area contributed by atoms with Crippen LogP contribution in [0.5, 0.6) is 17.4 Å². The summed E-state index contributed by atoms with van der Waals surface area (Å²) in [5.41, 5.74) is -0.823. The van der Waals surface area contributed by atoms with E-state index in [-0.39, 0.29) is 17.0 Å². The third-order valence-electron chi connectivity index (χ3n) is 7.04. The first-order chi connectivity index (χ1) is 18.9. The predicted octanol–water partition coefficient (Wildman–Crippen LogP) is 6.40. The summed E-state index contributed by atoms with van der Waals surface area (Å²) in [6.45, 7) is 3.15. The van der Waals surface area contributed by atoms with E-state index in [0.29, 0.717) is 31.6 Å². The molecule has 40 heavy (non-hydrogen) atoms. The van der Waals surface area contributed by atoms with E-state index in [4.69, 9.17) is 9.47 Å². The molecule has 0 aliphatic carbocycles. The van der Waals surface area contributed by atoms with Crippen molar-refractivity contribution in [3.8, 4) is 17.4 Å². The topological polar surface area (TPSA) is 67.8 Å². The third kappa shape index (κ3) is 6.46. The van der Waals surface area contributed by atoms with Gasteiger partial charge in [-0.1, -0.05) is 12.1 Å². The summed E-state index contributed by atoms with van der Waals surface area (Å²) in [6.07, 6.45) is -5.81. The van der Waals surface area contributed by atoms with Crippen LogP contribution in [0, 0.1) is 5.41 Å². The summed E-state index contributed by atoms with van der Waals surface area (Å²) in [5.74, 6) is 0.265. The normalized spacial score (nSPS) is 17.4. The zero-order chi connectivity index (χ0) is 28.5. The molecule has 2 aromatic heterocycles. The van der Waals surface area contributed by atoms with Crippen molar-refractivity contribution in [3.05, 3.63) is 77.7 Å². The number of aromatic nitrogens is 2. The van der Waals surface area contributed by atoms with Gasteiger partial charge in [0.2, 0.25) is 5.88 Å². The van der Waals surface area contributed by atoms with Gasteiger partial charge in [0.1, 0.15) is 5.75 Å². The molecule has 1 aromatic carbocycles. The molecule has 0 N–H and O–H groups in total. The molecule has 0 bridgehead atoms. The average molecular weight is 567 g/mol. The Bertz CT molecular complexity index is 1350. The Morgan fingerprint density at radius 1 is 0.875 bits per heavy atom. The monoisotopic (exact) mass is 566 g/mol. The molecule has 3 aromatic rings. The number of hydrogen-bond acceptors (Lipinski definition) is 6. The first kappa shape index (κ1) is 27.7. The van der Waals surface area contributed by atoms with Crippen molar-refractivity contribution in [2.24, 2.45) is 5.41 Å². The second-order valence-corrected chi connectivity index (χ2v) is 10.0. The van der Waals surface area contributed by atoms with Gasteiger partial charge in [-0.2, -0.15) is 26.3 Å². The van der Waals surface area contributed by atoms with Gasteiger partial charge in [0.05, 0.1) is 17.3 Å². The van der Waals surface area contributed by atoms with Crippen LogP contribution in [0.3, 0.4) is 0 Å². The van der Waals surface area contributed by atoms with Crippen LogP contribution in [-0.4, -0.2) is 52.0 Å². The van der Waals surface area contributed by atoms with E-state index < -0.39 is 29.6 Å². The van der Waals surface area contributed by atoms with E-state index >= 15 is 0 Å². The molecule has 0 saturated carbocycles. The van der Waals surface area contributed by atoms with Crippen LogP contribution in [0.1, 0.15) is 29.5 Å². The summed E-state index contributed by atoms with van der Waals surface area (Å²) in [4.78, 5) is 23.5. The number of piperidine rings is 1. The molecule has 0 atom stereocenters. The third-order valence-corrected chi connectivity index (χ3v) is 7.04. The van der Waals surface area contributed by atoms with Gasteiger partial charge in [-0.3, -0.25) is 9.88 Å². The molecule has 4 heterocycles. The Labute approximate surface area is 225 Å². The van der Waals surface area contributed by atoms with Gasteiger partial charge in [0.15, 0.2) is 5.75 Å².